The van der Waals surface area contributed by atoms with E-state index in [0.29, 0.717) is 24.7 Å². The molecule has 3 rings (SSSR count). The van der Waals surface area contributed by atoms with Gasteiger partial charge in [0.1, 0.15) is 5.78 Å². The fourth-order valence-electron chi connectivity index (χ4n) is 4.62. The number of rotatable bonds is 5. The molecule has 1 spiro atoms. The number of fused-ring (bicyclic) bond motifs is 1. The molecule has 4 heteroatoms. The van der Waals surface area contributed by atoms with Crippen molar-refractivity contribution in [2.45, 2.75) is 82.2 Å². The summed E-state index contributed by atoms with van der Waals surface area (Å²) in [4.78, 5) is 13.0. The first-order valence-electron chi connectivity index (χ1n) is 9.70. The van der Waals surface area contributed by atoms with Crippen molar-refractivity contribution in [3.05, 3.63) is 24.8 Å². The molecule has 4 atom stereocenters. The molecule has 2 saturated heterocycles. The highest BCUT2D eigenvalue weighted by Gasteiger charge is 2.64. The highest BCUT2D eigenvalue weighted by molar-refractivity contribution is 6.74. The van der Waals surface area contributed by atoms with E-state index in [4.69, 9.17) is 9.16 Å². The van der Waals surface area contributed by atoms with Gasteiger partial charge in [0.15, 0.2) is 8.32 Å². The second-order valence-corrected chi connectivity index (χ2v) is 14.6. The molecule has 0 saturated carbocycles. The standard InChI is InChI=1S/C21H34O3Si/c1-7-10-17-18(22)14-20(15-23-25(5,6)19(2,3)4)13-16-11-8-9-12-21(16,17)24-20/h7-8,11,16-17H,1,9-10,12-15H2,2-6H3/t16-,17-,20+,21-/m0/s1. The van der Waals surface area contributed by atoms with E-state index in [0.717, 1.165) is 25.7 Å². The van der Waals surface area contributed by atoms with E-state index in [1.54, 1.807) is 0 Å². The van der Waals surface area contributed by atoms with Crippen molar-refractivity contribution in [1.29, 1.82) is 0 Å². The van der Waals surface area contributed by atoms with Gasteiger partial charge >= 0.3 is 0 Å². The Morgan fingerprint density at radius 3 is 2.80 bits per heavy atom. The zero-order chi connectivity index (χ0) is 18.5. The maximum absolute atomic E-state index is 13.0. The molecule has 2 aliphatic heterocycles. The van der Waals surface area contributed by atoms with Crippen LogP contribution in [0.2, 0.25) is 18.1 Å². The molecule has 0 aromatic heterocycles. The van der Waals surface area contributed by atoms with Crippen molar-refractivity contribution < 1.29 is 14.0 Å². The monoisotopic (exact) mass is 362 g/mol. The SMILES string of the molecule is C=CC[C@H]1C(=O)C[C@@]2(CO[Si](C)(C)C(C)(C)C)C[C@@H]3C=CCC[C@]31O2. The molecule has 0 unspecified atom stereocenters. The summed E-state index contributed by atoms with van der Waals surface area (Å²) < 4.78 is 13.3. The van der Waals surface area contributed by atoms with Gasteiger partial charge in [-0.1, -0.05) is 39.0 Å². The normalized spacial score (nSPS) is 37.9. The van der Waals surface area contributed by atoms with Crippen molar-refractivity contribution in [3.63, 3.8) is 0 Å². The Morgan fingerprint density at radius 2 is 2.16 bits per heavy atom. The summed E-state index contributed by atoms with van der Waals surface area (Å²) in [7, 11) is -1.86. The number of carbonyl (C=O) groups excluding carboxylic acids is 1. The van der Waals surface area contributed by atoms with Crippen LogP contribution in [-0.4, -0.2) is 31.9 Å². The second kappa shape index (κ2) is 6.17. The molecule has 2 fully saturated rings. The number of ether oxygens (including phenoxy) is 1. The van der Waals surface area contributed by atoms with E-state index in [2.05, 4.69) is 52.6 Å². The van der Waals surface area contributed by atoms with E-state index < -0.39 is 13.9 Å². The third kappa shape index (κ3) is 3.11. The molecule has 0 N–H and O–H groups in total. The van der Waals surface area contributed by atoms with Gasteiger partial charge in [-0.3, -0.25) is 4.79 Å². The summed E-state index contributed by atoms with van der Waals surface area (Å²) in [5.74, 6) is 0.645. The van der Waals surface area contributed by atoms with Crippen LogP contribution in [0, 0.1) is 11.8 Å². The Morgan fingerprint density at radius 1 is 1.44 bits per heavy atom. The number of Topliss-reactive ketones (excluding diaryl/α,β-unsaturated/α-hetero) is 1. The lowest BCUT2D eigenvalue weighted by atomic mass is 9.69. The summed E-state index contributed by atoms with van der Waals surface area (Å²) in [6, 6.07) is 0. The largest absolute Gasteiger partial charge is 0.414 e. The molecule has 0 radical (unpaired) electrons. The van der Waals surface area contributed by atoms with Crippen LogP contribution in [-0.2, 0) is 14.0 Å². The lowest BCUT2D eigenvalue weighted by Crippen LogP contribution is -2.56. The molecule has 2 bridgehead atoms. The van der Waals surface area contributed by atoms with Crippen LogP contribution in [0.25, 0.3) is 0 Å². The molecule has 0 aromatic carbocycles. The van der Waals surface area contributed by atoms with Crippen LogP contribution in [0.15, 0.2) is 24.8 Å². The predicted octanol–water partition coefficient (Wildman–Crippen LogP) is 5.04. The van der Waals surface area contributed by atoms with Crippen LogP contribution in [0.1, 0.15) is 52.9 Å². The van der Waals surface area contributed by atoms with Crippen LogP contribution in [0.5, 0.6) is 0 Å². The van der Waals surface area contributed by atoms with Crippen molar-refractivity contribution in [3.8, 4) is 0 Å². The van der Waals surface area contributed by atoms with Gasteiger partial charge in [0.2, 0.25) is 0 Å². The first-order chi connectivity index (χ1) is 11.6. The summed E-state index contributed by atoms with van der Waals surface area (Å²) in [6.07, 6.45) is 10.5. The van der Waals surface area contributed by atoms with Gasteiger partial charge in [-0.15, -0.1) is 6.58 Å². The molecule has 140 valence electrons. The fraction of sp³-hybridized carbons (Fsp3) is 0.762. The van der Waals surface area contributed by atoms with Gasteiger partial charge in [0.05, 0.1) is 23.7 Å². The minimum Gasteiger partial charge on any atom is -0.414 e. The Bertz CT molecular complexity index is 588. The molecule has 3 nitrogen and oxygen atoms in total. The number of allylic oxidation sites excluding steroid dienone is 2. The minimum atomic E-state index is -1.86. The zero-order valence-corrected chi connectivity index (χ0v) is 17.6. The molecule has 1 aliphatic carbocycles. The summed E-state index contributed by atoms with van der Waals surface area (Å²) in [5.41, 5.74) is -0.751. The maximum atomic E-state index is 13.0. The van der Waals surface area contributed by atoms with Crippen molar-refractivity contribution in [1.82, 2.24) is 0 Å². The van der Waals surface area contributed by atoms with E-state index in [1.165, 1.54) is 0 Å². The Kier molecular flexibility index (Phi) is 4.71. The average molecular weight is 363 g/mol. The Labute approximate surface area is 154 Å². The first-order valence-corrected chi connectivity index (χ1v) is 12.6. The molecule has 0 aromatic rings. The summed E-state index contributed by atoms with van der Waals surface area (Å²) >= 11 is 0. The van der Waals surface area contributed by atoms with Crippen molar-refractivity contribution in [2.75, 3.05) is 6.61 Å². The average Bonchev–Trinajstić information content (AvgIpc) is 2.79. The van der Waals surface area contributed by atoms with Gasteiger partial charge in [-0.05, 0) is 43.8 Å². The Hall–Kier alpha value is -0.713. The molecule has 3 aliphatic rings. The van der Waals surface area contributed by atoms with Crippen LogP contribution in [0.3, 0.4) is 0 Å². The first kappa shape index (κ1) is 19.1. The number of carbonyl (C=O) groups is 1. The molecular weight excluding hydrogens is 328 g/mol. The molecule has 2 heterocycles. The third-order valence-electron chi connectivity index (χ3n) is 7.08. The zero-order valence-electron chi connectivity index (χ0n) is 16.6. The third-order valence-corrected chi connectivity index (χ3v) is 11.6. The highest BCUT2D eigenvalue weighted by atomic mass is 28.4. The van der Waals surface area contributed by atoms with Crippen LogP contribution >= 0.6 is 0 Å². The quantitative estimate of drug-likeness (QED) is 0.508. The minimum absolute atomic E-state index is 0.0385. The molecular formula is C21H34O3Si. The van der Waals surface area contributed by atoms with E-state index in [-0.39, 0.29) is 16.6 Å². The number of hydrogen-bond donors (Lipinski definition) is 0. The number of hydrogen-bond acceptors (Lipinski definition) is 3. The van der Waals surface area contributed by atoms with E-state index in [9.17, 15) is 4.79 Å². The van der Waals surface area contributed by atoms with Crippen LogP contribution < -0.4 is 0 Å². The lowest BCUT2D eigenvalue weighted by molar-refractivity contribution is -0.192. The van der Waals surface area contributed by atoms with E-state index in [1.807, 2.05) is 6.08 Å². The smallest absolute Gasteiger partial charge is 0.192 e. The Balaban J connectivity index is 1.86. The second-order valence-electron chi connectivity index (χ2n) is 9.79. The van der Waals surface area contributed by atoms with Crippen molar-refractivity contribution >= 4 is 14.1 Å². The predicted molar refractivity (Wildman–Crippen MR) is 104 cm³/mol. The molecule has 0 amide bonds. The van der Waals surface area contributed by atoms with Gasteiger partial charge < -0.3 is 9.16 Å². The van der Waals surface area contributed by atoms with Gasteiger partial charge in [-0.2, -0.15) is 0 Å². The van der Waals surface area contributed by atoms with Gasteiger partial charge in [0.25, 0.3) is 0 Å². The lowest BCUT2D eigenvalue weighted by Gasteiger charge is -2.47. The highest BCUT2D eigenvalue weighted by Crippen LogP contribution is 2.58. The van der Waals surface area contributed by atoms with Gasteiger partial charge in [0, 0.05) is 12.3 Å². The van der Waals surface area contributed by atoms with E-state index >= 15 is 0 Å². The number of ketones is 1. The van der Waals surface area contributed by atoms with Crippen LogP contribution in [0.4, 0.5) is 0 Å². The van der Waals surface area contributed by atoms with Crippen molar-refractivity contribution in [2.24, 2.45) is 11.8 Å². The maximum Gasteiger partial charge on any atom is 0.192 e. The van der Waals surface area contributed by atoms with Gasteiger partial charge in [-0.25, -0.2) is 0 Å². The summed E-state index contributed by atoms with van der Waals surface area (Å²) in [5, 5.41) is 0.163. The topological polar surface area (TPSA) is 35.5 Å². The summed E-state index contributed by atoms with van der Waals surface area (Å²) in [6.45, 7) is 15.7. The molecule has 25 heavy (non-hydrogen) atoms. The fourth-order valence-corrected chi connectivity index (χ4v) is 5.68.